The van der Waals surface area contributed by atoms with Crippen molar-refractivity contribution in [3.8, 4) is 0 Å². The van der Waals surface area contributed by atoms with Crippen LogP contribution in [0, 0.1) is 10.1 Å². The van der Waals surface area contributed by atoms with Crippen LogP contribution in [0.25, 0.3) is 0 Å². The van der Waals surface area contributed by atoms with E-state index in [-0.39, 0.29) is 10.6 Å². The topological polar surface area (TPSA) is 49.6 Å². The van der Waals surface area contributed by atoms with E-state index in [1.54, 1.807) is 12.1 Å². The number of halogens is 1. The van der Waals surface area contributed by atoms with Gasteiger partial charge in [-0.15, -0.1) is 0 Å². The van der Waals surface area contributed by atoms with Gasteiger partial charge in [0.1, 0.15) is 0 Å². The summed E-state index contributed by atoms with van der Waals surface area (Å²) in [6.07, 6.45) is 0. The molecule has 0 radical (unpaired) electrons. The molecule has 0 aliphatic carbocycles. The number of nitrogens with zero attached hydrogens (tertiary/aromatic N) is 3. The van der Waals surface area contributed by atoms with Crippen LogP contribution in [0.5, 0.6) is 0 Å². The summed E-state index contributed by atoms with van der Waals surface area (Å²) in [5.74, 6) is 0. The van der Waals surface area contributed by atoms with Gasteiger partial charge < -0.3 is 0 Å². The van der Waals surface area contributed by atoms with Gasteiger partial charge >= 0.3 is 0 Å². The first-order chi connectivity index (χ1) is 9.47. The number of nitro groups is 1. The molecule has 0 aromatic heterocycles. The van der Waals surface area contributed by atoms with Crippen molar-refractivity contribution in [1.29, 1.82) is 0 Å². The number of rotatable bonds is 4. The van der Waals surface area contributed by atoms with Crippen LogP contribution in [0.4, 0.5) is 5.69 Å². The molecule has 1 aromatic carbocycles. The zero-order chi connectivity index (χ0) is 14.7. The smallest absolute Gasteiger partial charge is 0.269 e. The molecule has 6 heteroatoms. The quantitative estimate of drug-likeness (QED) is 0.624. The van der Waals surface area contributed by atoms with Crippen LogP contribution in [0.15, 0.2) is 22.7 Å². The Kier molecular flexibility index (Phi) is 5.12. The summed E-state index contributed by atoms with van der Waals surface area (Å²) in [5.41, 5.74) is 1.14. The monoisotopic (exact) mass is 341 g/mol. The van der Waals surface area contributed by atoms with Gasteiger partial charge in [0.2, 0.25) is 0 Å². The van der Waals surface area contributed by atoms with Gasteiger partial charge in [0, 0.05) is 55.4 Å². The number of non-ortho nitro benzene ring substituents is 1. The van der Waals surface area contributed by atoms with Crippen LogP contribution in [-0.4, -0.2) is 46.9 Å². The Balaban J connectivity index is 2.00. The van der Waals surface area contributed by atoms with E-state index in [1.165, 1.54) is 6.07 Å². The maximum absolute atomic E-state index is 10.8. The minimum Gasteiger partial charge on any atom is -0.298 e. The van der Waals surface area contributed by atoms with Gasteiger partial charge in [0.25, 0.3) is 5.69 Å². The Hall–Kier alpha value is -0.980. The third-order valence-electron chi connectivity index (χ3n) is 3.77. The lowest BCUT2D eigenvalue weighted by Crippen LogP contribution is -2.48. The lowest BCUT2D eigenvalue weighted by Gasteiger charge is -2.37. The van der Waals surface area contributed by atoms with E-state index in [1.807, 2.05) is 0 Å². The molecule has 110 valence electrons. The summed E-state index contributed by atoms with van der Waals surface area (Å²) in [6.45, 7) is 9.32. The number of piperazine rings is 1. The summed E-state index contributed by atoms with van der Waals surface area (Å²) >= 11 is 3.48. The molecule has 0 saturated carbocycles. The van der Waals surface area contributed by atoms with E-state index in [0.717, 1.165) is 42.8 Å². The molecule has 5 nitrogen and oxygen atoms in total. The average Bonchev–Trinajstić information content (AvgIpc) is 2.41. The number of hydrogen-bond acceptors (Lipinski definition) is 4. The molecule has 1 aliphatic rings. The van der Waals surface area contributed by atoms with Gasteiger partial charge in [-0.1, -0.05) is 15.9 Å². The van der Waals surface area contributed by atoms with Crippen molar-refractivity contribution in [3.63, 3.8) is 0 Å². The highest BCUT2D eigenvalue weighted by Gasteiger charge is 2.20. The Bertz CT molecular complexity index is 485. The Labute approximate surface area is 127 Å². The molecule has 0 amide bonds. The normalized spacial score (nSPS) is 17.6. The molecule has 1 aliphatic heterocycles. The van der Waals surface area contributed by atoms with Gasteiger partial charge in [0.15, 0.2) is 0 Å². The van der Waals surface area contributed by atoms with Gasteiger partial charge in [-0.25, -0.2) is 0 Å². The SMILES string of the molecule is CC(C)N1CCN(Cc2cc([N+](=O)[O-])ccc2Br)CC1. The summed E-state index contributed by atoms with van der Waals surface area (Å²) in [5, 5.41) is 10.8. The molecule has 2 rings (SSSR count). The first kappa shape index (κ1) is 15.4. The Morgan fingerprint density at radius 1 is 1.30 bits per heavy atom. The van der Waals surface area contributed by atoms with Crippen molar-refractivity contribution >= 4 is 21.6 Å². The number of benzene rings is 1. The van der Waals surface area contributed by atoms with Gasteiger partial charge in [-0.3, -0.25) is 19.9 Å². The molecule has 0 spiro atoms. The molecule has 0 atom stereocenters. The minimum atomic E-state index is -0.341. The third-order valence-corrected chi connectivity index (χ3v) is 4.54. The van der Waals surface area contributed by atoms with E-state index in [2.05, 4.69) is 39.6 Å². The van der Waals surface area contributed by atoms with Crippen LogP contribution < -0.4 is 0 Å². The second-order valence-electron chi connectivity index (χ2n) is 5.44. The Morgan fingerprint density at radius 2 is 1.95 bits per heavy atom. The molecule has 1 aromatic rings. The van der Waals surface area contributed by atoms with Crippen molar-refractivity contribution in [2.75, 3.05) is 26.2 Å². The predicted octanol–water partition coefficient (Wildman–Crippen LogP) is 2.88. The van der Waals surface area contributed by atoms with Crippen molar-refractivity contribution in [1.82, 2.24) is 9.80 Å². The van der Waals surface area contributed by atoms with Gasteiger partial charge in [-0.05, 0) is 25.5 Å². The second kappa shape index (κ2) is 6.65. The molecular weight excluding hydrogens is 322 g/mol. The summed E-state index contributed by atoms with van der Waals surface area (Å²) in [6, 6.07) is 5.54. The van der Waals surface area contributed by atoms with E-state index in [0.29, 0.717) is 6.04 Å². The second-order valence-corrected chi connectivity index (χ2v) is 6.29. The molecule has 1 fully saturated rings. The molecule has 0 bridgehead atoms. The summed E-state index contributed by atoms with van der Waals surface area (Å²) in [7, 11) is 0. The largest absolute Gasteiger partial charge is 0.298 e. The van der Waals surface area contributed by atoms with Crippen LogP contribution >= 0.6 is 15.9 Å². The maximum Gasteiger partial charge on any atom is 0.269 e. The van der Waals surface area contributed by atoms with E-state index in [4.69, 9.17) is 0 Å². The summed E-state index contributed by atoms with van der Waals surface area (Å²) < 4.78 is 0.939. The fourth-order valence-corrected chi connectivity index (χ4v) is 2.85. The average molecular weight is 342 g/mol. The van der Waals surface area contributed by atoms with Crippen molar-refractivity contribution in [3.05, 3.63) is 38.3 Å². The zero-order valence-electron chi connectivity index (χ0n) is 11.9. The molecular formula is C14H20BrN3O2. The van der Waals surface area contributed by atoms with Crippen LogP contribution in [-0.2, 0) is 6.54 Å². The van der Waals surface area contributed by atoms with Crippen LogP contribution in [0.1, 0.15) is 19.4 Å². The highest BCUT2D eigenvalue weighted by molar-refractivity contribution is 9.10. The summed E-state index contributed by atoms with van der Waals surface area (Å²) in [4.78, 5) is 15.3. The lowest BCUT2D eigenvalue weighted by molar-refractivity contribution is -0.384. The van der Waals surface area contributed by atoms with Crippen LogP contribution in [0.2, 0.25) is 0 Å². The molecule has 1 saturated heterocycles. The maximum atomic E-state index is 10.8. The van der Waals surface area contributed by atoms with Crippen molar-refractivity contribution in [2.24, 2.45) is 0 Å². The standard InChI is InChI=1S/C14H20BrN3O2/c1-11(2)17-7-5-16(6-8-17)10-12-9-13(18(19)20)3-4-14(12)15/h3-4,9,11H,5-8,10H2,1-2H3. The van der Waals surface area contributed by atoms with Gasteiger partial charge in [-0.2, -0.15) is 0 Å². The first-order valence-electron chi connectivity index (χ1n) is 6.86. The van der Waals surface area contributed by atoms with Crippen molar-refractivity contribution in [2.45, 2.75) is 26.4 Å². The third kappa shape index (κ3) is 3.77. The van der Waals surface area contributed by atoms with E-state index >= 15 is 0 Å². The molecule has 0 unspecified atom stereocenters. The fourth-order valence-electron chi connectivity index (χ4n) is 2.47. The predicted molar refractivity (Wildman–Crippen MR) is 82.8 cm³/mol. The highest BCUT2D eigenvalue weighted by Crippen LogP contribution is 2.24. The van der Waals surface area contributed by atoms with Crippen LogP contribution in [0.3, 0.4) is 0 Å². The fraction of sp³-hybridized carbons (Fsp3) is 0.571. The van der Waals surface area contributed by atoms with Crippen molar-refractivity contribution < 1.29 is 4.92 Å². The van der Waals surface area contributed by atoms with E-state index in [9.17, 15) is 10.1 Å². The van der Waals surface area contributed by atoms with E-state index < -0.39 is 0 Å². The number of hydrogen-bond donors (Lipinski definition) is 0. The zero-order valence-corrected chi connectivity index (χ0v) is 13.5. The first-order valence-corrected chi connectivity index (χ1v) is 7.66. The minimum absolute atomic E-state index is 0.156. The molecule has 0 N–H and O–H groups in total. The molecule has 20 heavy (non-hydrogen) atoms. The Morgan fingerprint density at radius 3 is 2.50 bits per heavy atom. The van der Waals surface area contributed by atoms with Gasteiger partial charge in [0.05, 0.1) is 4.92 Å². The highest BCUT2D eigenvalue weighted by atomic mass is 79.9. The lowest BCUT2D eigenvalue weighted by atomic mass is 10.1. The molecule has 1 heterocycles. The number of nitro benzene ring substituents is 1.